The van der Waals surface area contributed by atoms with E-state index in [4.69, 9.17) is 0 Å². The van der Waals surface area contributed by atoms with Crippen LogP contribution in [-0.4, -0.2) is 17.0 Å². The van der Waals surface area contributed by atoms with Gasteiger partial charge in [-0.3, -0.25) is 4.79 Å². The van der Waals surface area contributed by atoms with E-state index in [2.05, 4.69) is 0 Å². The standard InChI is InChI=1S/C13H18O2/c1-9(2)10(3)12(14)13(15)11-7-5-4-6-8-11/h4-10,12,14H,1-3H3. The van der Waals surface area contributed by atoms with Crippen LogP contribution in [0.15, 0.2) is 30.3 Å². The second kappa shape index (κ2) is 5.08. The Labute approximate surface area is 90.9 Å². The first-order chi connectivity index (χ1) is 7.04. The van der Waals surface area contributed by atoms with Gasteiger partial charge in [0.05, 0.1) is 0 Å². The van der Waals surface area contributed by atoms with E-state index in [9.17, 15) is 9.90 Å². The average Bonchev–Trinajstić information content (AvgIpc) is 2.27. The van der Waals surface area contributed by atoms with Gasteiger partial charge >= 0.3 is 0 Å². The quantitative estimate of drug-likeness (QED) is 0.769. The molecule has 1 N–H and O–H groups in total. The Morgan fingerprint density at radius 2 is 1.67 bits per heavy atom. The molecule has 2 heteroatoms. The van der Waals surface area contributed by atoms with Gasteiger partial charge in [-0.2, -0.15) is 0 Å². The molecule has 1 aromatic carbocycles. The first-order valence-electron chi connectivity index (χ1n) is 5.31. The molecule has 0 fully saturated rings. The third kappa shape index (κ3) is 2.90. The number of ketones is 1. The van der Waals surface area contributed by atoms with E-state index in [-0.39, 0.29) is 11.7 Å². The monoisotopic (exact) mass is 206 g/mol. The molecule has 0 bridgehead atoms. The highest BCUT2D eigenvalue weighted by Crippen LogP contribution is 2.17. The Bertz CT molecular complexity index is 317. The molecule has 1 aromatic rings. The lowest BCUT2D eigenvalue weighted by atomic mass is 9.88. The summed E-state index contributed by atoms with van der Waals surface area (Å²) in [7, 11) is 0. The molecule has 0 radical (unpaired) electrons. The van der Waals surface area contributed by atoms with Gasteiger partial charge in [-0.05, 0) is 11.8 Å². The molecular formula is C13H18O2. The summed E-state index contributed by atoms with van der Waals surface area (Å²) in [6, 6.07) is 8.94. The summed E-state index contributed by atoms with van der Waals surface area (Å²) < 4.78 is 0. The first-order valence-corrected chi connectivity index (χ1v) is 5.31. The lowest BCUT2D eigenvalue weighted by Crippen LogP contribution is -2.30. The van der Waals surface area contributed by atoms with E-state index in [0.29, 0.717) is 11.5 Å². The largest absolute Gasteiger partial charge is 0.385 e. The molecule has 15 heavy (non-hydrogen) atoms. The highest BCUT2D eigenvalue weighted by Gasteiger charge is 2.25. The van der Waals surface area contributed by atoms with Crippen LogP contribution >= 0.6 is 0 Å². The summed E-state index contributed by atoms with van der Waals surface area (Å²) in [5.74, 6) is 0.0992. The molecule has 0 aliphatic rings. The van der Waals surface area contributed by atoms with Crippen molar-refractivity contribution >= 4 is 5.78 Å². The van der Waals surface area contributed by atoms with Crippen molar-refractivity contribution in [2.45, 2.75) is 26.9 Å². The SMILES string of the molecule is CC(C)C(C)C(O)C(=O)c1ccccc1. The zero-order valence-electron chi connectivity index (χ0n) is 9.47. The summed E-state index contributed by atoms with van der Waals surface area (Å²) in [4.78, 5) is 11.8. The number of benzene rings is 1. The molecule has 0 aliphatic heterocycles. The topological polar surface area (TPSA) is 37.3 Å². The summed E-state index contributed by atoms with van der Waals surface area (Å²) in [6.45, 7) is 5.91. The van der Waals surface area contributed by atoms with Gasteiger partial charge in [-0.15, -0.1) is 0 Å². The fourth-order valence-electron chi connectivity index (χ4n) is 1.38. The van der Waals surface area contributed by atoms with E-state index in [1.165, 1.54) is 0 Å². The number of carbonyl (C=O) groups is 1. The fraction of sp³-hybridized carbons (Fsp3) is 0.462. The van der Waals surface area contributed by atoms with Crippen LogP contribution in [0.2, 0.25) is 0 Å². The number of Topliss-reactive ketones (excluding diaryl/α,β-unsaturated/α-hetero) is 1. The van der Waals surface area contributed by atoms with Crippen molar-refractivity contribution in [3.05, 3.63) is 35.9 Å². The van der Waals surface area contributed by atoms with Crippen LogP contribution in [0.1, 0.15) is 31.1 Å². The predicted octanol–water partition coefficient (Wildman–Crippen LogP) is 2.52. The van der Waals surface area contributed by atoms with Crippen LogP contribution in [0, 0.1) is 11.8 Å². The maximum atomic E-state index is 11.8. The van der Waals surface area contributed by atoms with Crippen molar-refractivity contribution in [2.75, 3.05) is 0 Å². The molecule has 0 saturated heterocycles. The third-order valence-corrected chi connectivity index (χ3v) is 2.88. The number of hydrogen-bond acceptors (Lipinski definition) is 2. The lowest BCUT2D eigenvalue weighted by Gasteiger charge is -2.21. The van der Waals surface area contributed by atoms with Crippen molar-refractivity contribution < 1.29 is 9.90 Å². The van der Waals surface area contributed by atoms with Crippen LogP contribution < -0.4 is 0 Å². The van der Waals surface area contributed by atoms with Gasteiger partial charge in [0, 0.05) is 5.56 Å². The molecule has 2 unspecified atom stereocenters. The van der Waals surface area contributed by atoms with Gasteiger partial charge in [0.1, 0.15) is 6.10 Å². The number of rotatable bonds is 4. The van der Waals surface area contributed by atoms with Crippen LogP contribution in [0.4, 0.5) is 0 Å². The van der Waals surface area contributed by atoms with Crippen molar-refractivity contribution in [1.29, 1.82) is 0 Å². The van der Waals surface area contributed by atoms with Gasteiger partial charge in [0.2, 0.25) is 0 Å². The van der Waals surface area contributed by atoms with Crippen molar-refractivity contribution in [2.24, 2.45) is 11.8 Å². The zero-order chi connectivity index (χ0) is 11.4. The third-order valence-electron chi connectivity index (χ3n) is 2.88. The highest BCUT2D eigenvalue weighted by atomic mass is 16.3. The molecule has 0 amide bonds. The maximum Gasteiger partial charge on any atom is 0.191 e. The van der Waals surface area contributed by atoms with Crippen molar-refractivity contribution in [3.8, 4) is 0 Å². The van der Waals surface area contributed by atoms with Gasteiger partial charge in [-0.25, -0.2) is 0 Å². The Morgan fingerprint density at radius 1 is 1.13 bits per heavy atom. The Morgan fingerprint density at radius 3 is 2.13 bits per heavy atom. The molecule has 1 rings (SSSR count). The van der Waals surface area contributed by atoms with Crippen LogP contribution in [0.5, 0.6) is 0 Å². The molecular weight excluding hydrogens is 188 g/mol. The molecule has 2 atom stereocenters. The maximum absolute atomic E-state index is 11.8. The molecule has 82 valence electrons. The normalized spacial score (nSPS) is 15.0. The van der Waals surface area contributed by atoms with E-state index in [0.717, 1.165) is 0 Å². The zero-order valence-corrected chi connectivity index (χ0v) is 9.47. The van der Waals surface area contributed by atoms with Crippen LogP contribution in [0.3, 0.4) is 0 Å². The molecule has 0 aliphatic carbocycles. The predicted molar refractivity (Wildman–Crippen MR) is 60.8 cm³/mol. The lowest BCUT2D eigenvalue weighted by molar-refractivity contribution is 0.0556. The summed E-state index contributed by atoms with van der Waals surface area (Å²) in [6.07, 6.45) is -0.896. The minimum absolute atomic E-state index is 0.0160. The first kappa shape index (κ1) is 11.9. The molecule has 0 saturated carbocycles. The van der Waals surface area contributed by atoms with E-state index in [1.54, 1.807) is 24.3 Å². The number of hydrogen-bond donors (Lipinski definition) is 1. The molecule has 0 heterocycles. The van der Waals surface area contributed by atoms with Gasteiger partial charge in [-0.1, -0.05) is 51.1 Å². The number of aliphatic hydroxyl groups excluding tert-OH is 1. The summed E-state index contributed by atoms with van der Waals surface area (Å²) >= 11 is 0. The fourth-order valence-corrected chi connectivity index (χ4v) is 1.38. The summed E-state index contributed by atoms with van der Waals surface area (Å²) in [5, 5.41) is 9.86. The highest BCUT2D eigenvalue weighted by molar-refractivity contribution is 5.99. The number of carbonyl (C=O) groups excluding carboxylic acids is 1. The minimum atomic E-state index is -0.896. The minimum Gasteiger partial charge on any atom is -0.385 e. The average molecular weight is 206 g/mol. The molecule has 2 nitrogen and oxygen atoms in total. The smallest absolute Gasteiger partial charge is 0.191 e. The summed E-state index contributed by atoms with van der Waals surface area (Å²) in [5.41, 5.74) is 0.581. The van der Waals surface area contributed by atoms with Crippen molar-refractivity contribution in [1.82, 2.24) is 0 Å². The van der Waals surface area contributed by atoms with Crippen LogP contribution in [-0.2, 0) is 0 Å². The van der Waals surface area contributed by atoms with E-state index >= 15 is 0 Å². The Balaban J connectivity index is 2.78. The van der Waals surface area contributed by atoms with E-state index < -0.39 is 6.10 Å². The van der Waals surface area contributed by atoms with Crippen LogP contribution in [0.25, 0.3) is 0 Å². The van der Waals surface area contributed by atoms with Gasteiger partial charge < -0.3 is 5.11 Å². The van der Waals surface area contributed by atoms with Gasteiger partial charge in [0.15, 0.2) is 5.78 Å². The number of aliphatic hydroxyl groups is 1. The molecule has 0 spiro atoms. The van der Waals surface area contributed by atoms with E-state index in [1.807, 2.05) is 26.8 Å². The Kier molecular flexibility index (Phi) is 4.04. The van der Waals surface area contributed by atoms with Gasteiger partial charge in [0.25, 0.3) is 0 Å². The molecule has 0 aromatic heterocycles. The second-order valence-corrected chi connectivity index (χ2v) is 4.28. The Hall–Kier alpha value is -1.15. The second-order valence-electron chi connectivity index (χ2n) is 4.28. The van der Waals surface area contributed by atoms with Crippen molar-refractivity contribution in [3.63, 3.8) is 0 Å².